The maximum Gasteiger partial charge on any atom is 0.263 e. The van der Waals surface area contributed by atoms with Gasteiger partial charge < -0.3 is 15.4 Å². The van der Waals surface area contributed by atoms with E-state index in [0.29, 0.717) is 11.8 Å². The molecule has 140 valence electrons. The quantitative estimate of drug-likeness (QED) is 0.859. The fraction of sp³-hybridized carbons (Fsp3) is 0.450. The zero-order chi connectivity index (χ0) is 17.6. The highest BCUT2D eigenvalue weighted by Crippen LogP contribution is 2.39. The molecule has 1 aromatic carbocycles. The Hall–Kier alpha value is -1.56. The highest BCUT2D eigenvalue weighted by atomic mass is 35.5. The number of methoxy groups -OCH3 is 1. The second-order valence-electron chi connectivity index (χ2n) is 7.18. The molecule has 26 heavy (non-hydrogen) atoms. The predicted octanol–water partition coefficient (Wildman–Crippen LogP) is 3.96. The number of nitrogens with zero attached hydrogens (tertiary/aromatic N) is 1. The van der Waals surface area contributed by atoms with E-state index in [1.54, 1.807) is 18.4 Å². The van der Waals surface area contributed by atoms with E-state index in [-0.39, 0.29) is 24.4 Å². The van der Waals surface area contributed by atoms with Gasteiger partial charge in [0.15, 0.2) is 0 Å². The van der Waals surface area contributed by atoms with E-state index in [4.69, 9.17) is 10.5 Å². The van der Waals surface area contributed by atoms with Gasteiger partial charge in [-0.1, -0.05) is 12.1 Å². The molecule has 0 spiro atoms. The third-order valence-electron chi connectivity index (χ3n) is 5.73. The van der Waals surface area contributed by atoms with E-state index < -0.39 is 0 Å². The highest BCUT2D eigenvalue weighted by molar-refractivity contribution is 7.14. The zero-order valence-electron chi connectivity index (χ0n) is 15.1. The molecule has 2 N–H and O–H groups in total. The van der Waals surface area contributed by atoms with Crippen LogP contribution in [0.2, 0.25) is 0 Å². The molecule has 2 aliphatic rings. The molecule has 1 saturated carbocycles. The Morgan fingerprint density at radius 3 is 2.62 bits per heavy atom. The van der Waals surface area contributed by atoms with Crippen molar-refractivity contribution in [3.63, 3.8) is 0 Å². The van der Waals surface area contributed by atoms with Gasteiger partial charge >= 0.3 is 0 Å². The third-order valence-corrected chi connectivity index (χ3v) is 6.77. The maximum absolute atomic E-state index is 13.0. The van der Waals surface area contributed by atoms with Crippen LogP contribution in [0.3, 0.4) is 0 Å². The van der Waals surface area contributed by atoms with Crippen LogP contribution in [0.25, 0.3) is 11.1 Å². The van der Waals surface area contributed by atoms with Gasteiger partial charge in [0.05, 0.1) is 12.0 Å². The van der Waals surface area contributed by atoms with Crippen molar-refractivity contribution < 1.29 is 9.53 Å². The van der Waals surface area contributed by atoms with Gasteiger partial charge in [-0.3, -0.25) is 4.79 Å². The molecule has 4 rings (SSSR count). The first-order valence-electron chi connectivity index (χ1n) is 8.86. The Kier molecular flexibility index (Phi) is 5.61. The number of aryl methyl sites for hydroxylation is 1. The molecule has 3 unspecified atom stereocenters. The Morgan fingerprint density at radius 2 is 1.96 bits per heavy atom. The van der Waals surface area contributed by atoms with Crippen molar-refractivity contribution in [1.29, 1.82) is 0 Å². The number of fused-ring (bicyclic) bond motifs is 1. The first kappa shape index (κ1) is 19.2. The van der Waals surface area contributed by atoms with Crippen LogP contribution in [-0.2, 0) is 0 Å². The summed E-state index contributed by atoms with van der Waals surface area (Å²) in [7, 11) is 1.67. The smallest absolute Gasteiger partial charge is 0.263 e. The van der Waals surface area contributed by atoms with E-state index >= 15 is 0 Å². The number of amides is 1. The molecular formula is C20H25ClN2O2S. The number of hydrogen-bond donors (Lipinski definition) is 1. The normalized spacial score (nSPS) is 24.3. The topological polar surface area (TPSA) is 55.6 Å². The molecule has 1 saturated heterocycles. The monoisotopic (exact) mass is 392 g/mol. The summed E-state index contributed by atoms with van der Waals surface area (Å²) in [6, 6.07) is 10.3. The first-order chi connectivity index (χ1) is 12.1. The van der Waals surface area contributed by atoms with Crippen LogP contribution >= 0.6 is 23.7 Å². The molecule has 1 amide bonds. The van der Waals surface area contributed by atoms with Crippen LogP contribution in [0.4, 0.5) is 0 Å². The maximum atomic E-state index is 13.0. The number of nitrogens with two attached hydrogens (primary N) is 1. The van der Waals surface area contributed by atoms with Crippen molar-refractivity contribution in [3.05, 3.63) is 40.1 Å². The molecular weight excluding hydrogens is 368 g/mol. The Labute approximate surface area is 164 Å². The number of benzene rings is 1. The number of rotatable bonds is 3. The Bertz CT molecular complexity index is 790. The van der Waals surface area contributed by atoms with Gasteiger partial charge in [-0.2, -0.15) is 0 Å². The van der Waals surface area contributed by atoms with Crippen LogP contribution in [0, 0.1) is 18.8 Å². The van der Waals surface area contributed by atoms with E-state index in [1.807, 2.05) is 35.2 Å². The molecule has 1 aliphatic carbocycles. The number of halogens is 1. The minimum absolute atomic E-state index is 0. The van der Waals surface area contributed by atoms with Crippen LogP contribution in [0.1, 0.15) is 27.4 Å². The van der Waals surface area contributed by atoms with Crippen molar-refractivity contribution in [1.82, 2.24) is 4.90 Å². The number of carbonyl (C=O) groups is 1. The summed E-state index contributed by atoms with van der Waals surface area (Å²) in [6.45, 7) is 3.77. The van der Waals surface area contributed by atoms with Crippen molar-refractivity contribution in [2.75, 3.05) is 20.2 Å². The second-order valence-corrected chi connectivity index (χ2v) is 8.44. The lowest BCUT2D eigenvalue weighted by Crippen LogP contribution is -2.33. The van der Waals surface area contributed by atoms with Crippen molar-refractivity contribution >= 4 is 29.7 Å². The van der Waals surface area contributed by atoms with Crippen LogP contribution < -0.4 is 10.5 Å². The minimum atomic E-state index is 0. The summed E-state index contributed by atoms with van der Waals surface area (Å²) in [5, 5.41) is 0. The number of carbonyl (C=O) groups excluding carboxylic acids is 1. The Morgan fingerprint density at radius 1 is 1.23 bits per heavy atom. The molecule has 0 bridgehead atoms. The van der Waals surface area contributed by atoms with Crippen LogP contribution in [0.15, 0.2) is 30.3 Å². The summed E-state index contributed by atoms with van der Waals surface area (Å²) in [5.74, 6) is 2.09. The summed E-state index contributed by atoms with van der Waals surface area (Å²) >= 11 is 1.59. The molecule has 4 nitrogen and oxygen atoms in total. The lowest BCUT2D eigenvalue weighted by Gasteiger charge is -2.17. The minimum Gasteiger partial charge on any atom is -0.497 e. The van der Waals surface area contributed by atoms with E-state index in [9.17, 15) is 4.79 Å². The van der Waals surface area contributed by atoms with Gasteiger partial charge in [0.2, 0.25) is 0 Å². The average molecular weight is 393 g/mol. The summed E-state index contributed by atoms with van der Waals surface area (Å²) in [4.78, 5) is 17.0. The number of ether oxygens (including phenoxy) is 1. The predicted molar refractivity (Wildman–Crippen MR) is 108 cm³/mol. The number of likely N-dealkylation sites (tertiary alicyclic amines) is 1. The molecule has 0 radical (unpaired) electrons. The lowest BCUT2D eigenvalue weighted by atomic mass is 9.98. The van der Waals surface area contributed by atoms with E-state index in [2.05, 4.69) is 6.92 Å². The standard InChI is InChI=1S/C20H24N2O2S.ClH/c1-12-16(13-3-6-15(24-2)7-4-13)9-19(25-12)20(23)22-10-14-5-8-18(21)17(14)11-22;/h3-4,6-7,9,14,17-18H,5,8,10-11,21H2,1-2H3;1H. The highest BCUT2D eigenvalue weighted by Gasteiger charge is 2.42. The lowest BCUT2D eigenvalue weighted by molar-refractivity contribution is 0.0784. The number of thiophene rings is 1. The van der Waals surface area contributed by atoms with Crippen LogP contribution in [-0.4, -0.2) is 37.0 Å². The summed E-state index contributed by atoms with van der Waals surface area (Å²) in [6.07, 6.45) is 2.27. The summed E-state index contributed by atoms with van der Waals surface area (Å²) < 4.78 is 5.22. The Balaban J connectivity index is 0.00000196. The van der Waals surface area contributed by atoms with Gasteiger partial charge in [-0.25, -0.2) is 0 Å². The average Bonchev–Trinajstić information content (AvgIpc) is 3.31. The van der Waals surface area contributed by atoms with Crippen molar-refractivity contribution in [2.45, 2.75) is 25.8 Å². The zero-order valence-corrected chi connectivity index (χ0v) is 16.7. The molecule has 3 atom stereocenters. The van der Waals surface area contributed by atoms with Gasteiger partial charge in [-0.05, 0) is 60.9 Å². The van der Waals surface area contributed by atoms with Gasteiger partial charge in [0.1, 0.15) is 5.75 Å². The molecule has 2 aromatic rings. The SMILES string of the molecule is COc1ccc(-c2cc(C(=O)N3CC4CCC(N)C4C3)sc2C)cc1.Cl. The molecule has 2 fully saturated rings. The fourth-order valence-corrected chi connectivity index (χ4v) is 5.28. The summed E-state index contributed by atoms with van der Waals surface area (Å²) in [5.41, 5.74) is 8.45. The molecule has 1 aromatic heterocycles. The van der Waals surface area contributed by atoms with Crippen molar-refractivity contribution in [3.8, 4) is 16.9 Å². The van der Waals surface area contributed by atoms with Gasteiger partial charge in [0, 0.05) is 24.0 Å². The second kappa shape index (κ2) is 7.59. The van der Waals surface area contributed by atoms with E-state index in [1.165, 1.54) is 4.88 Å². The molecule has 2 heterocycles. The molecule has 6 heteroatoms. The van der Waals surface area contributed by atoms with Gasteiger partial charge in [-0.15, -0.1) is 23.7 Å². The molecule has 1 aliphatic heterocycles. The van der Waals surface area contributed by atoms with Gasteiger partial charge in [0.25, 0.3) is 5.91 Å². The van der Waals surface area contributed by atoms with E-state index in [0.717, 1.165) is 47.7 Å². The third kappa shape index (κ3) is 3.36. The van der Waals surface area contributed by atoms with Crippen LogP contribution in [0.5, 0.6) is 5.75 Å². The van der Waals surface area contributed by atoms with Crippen molar-refractivity contribution in [2.24, 2.45) is 17.6 Å². The first-order valence-corrected chi connectivity index (χ1v) is 9.68. The largest absolute Gasteiger partial charge is 0.497 e. The fourth-order valence-electron chi connectivity index (χ4n) is 4.27. The number of hydrogen-bond acceptors (Lipinski definition) is 4.